The molecule has 2 unspecified atom stereocenters. The Labute approximate surface area is 88.1 Å². The van der Waals surface area contributed by atoms with Gasteiger partial charge in [-0.2, -0.15) is 0 Å². The van der Waals surface area contributed by atoms with Gasteiger partial charge >= 0.3 is 0 Å². The van der Waals surface area contributed by atoms with Gasteiger partial charge in [-0.05, 0) is 24.5 Å². The van der Waals surface area contributed by atoms with E-state index in [0.29, 0.717) is 17.3 Å². The van der Waals surface area contributed by atoms with Crippen LogP contribution in [0.3, 0.4) is 0 Å². The SMILES string of the molecule is CC1CC1C(=O)Nc1ccc(O)cc1N. The lowest BCUT2D eigenvalue weighted by Gasteiger charge is -2.07. The third-order valence-electron chi connectivity index (χ3n) is 2.74. The van der Waals surface area contributed by atoms with Crippen LogP contribution in [-0.2, 0) is 4.79 Å². The van der Waals surface area contributed by atoms with Crippen LogP contribution in [0.2, 0.25) is 0 Å². The first-order valence-corrected chi connectivity index (χ1v) is 4.97. The topological polar surface area (TPSA) is 75.3 Å². The summed E-state index contributed by atoms with van der Waals surface area (Å²) < 4.78 is 0. The molecular weight excluding hydrogens is 192 g/mol. The number of benzene rings is 1. The van der Waals surface area contributed by atoms with Crippen LogP contribution in [-0.4, -0.2) is 11.0 Å². The van der Waals surface area contributed by atoms with Gasteiger partial charge in [0.2, 0.25) is 5.91 Å². The third kappa shape index (κ3) is 2.03. The molecule has 1 amide bonds. The summed E-state index contributed by atoms with van der Waals surface area (Å²) in [5.74, 6) is 0.715. The highest BCUT2D eigenvalue weighted by atomic mass is 16.3. The molecule has 2 rings (SSSR count). The number of carbonyl (C=O) groups is 1. The summed E-state index contributed by atoms with van der Waals surface area (Å²) in [5, 5.41) is 11.9. The molecule has 0 spiro atoms. The van der Waals surface area contributed by atoms with Crippen LogP contribution < -0.4 is 11.1 Å². The quantitative estimate of drug-likeness (QED) is 0.508. The molecule has 0 bridgehead atoms. The van der Waals surface area contributed by atoms with Crippen LogP contribution in [0.1, 0.15) is 13.3 Å². The zero-order chi connectivity index (χ0) is 11.0. The lowest BCUT2D eigenvalue weighted by Crippen LogP contribution is -2.15. The molecule has 15 heavy (non-hydrogen) atoms. The van der Waals surface area contributed by atoms with Gasteiger partial charge in [0.15, 0.2) is 0 Å². The highest BCUT2D eigenvalue weighted by molar-refractivity contribution is 5.97. The molecule has 4 N–H and O–H groups in total. The van der Waals surface area contributed by atoms with E-state index in [4.69, 9.17) is 10.8 Å². The summed E-state index contributed by atoms with van der Waals surface area (Å²) in [4.78, 5) is 11.6. The molecule has 80 valence electrons. The van der Waals surface area contributed by atoms with Crippen LogP contribution in [0.4, 0.5) is 11.4 Å². The van der Waals surface area contributed by atoms with Gasteiger partial charge in [0, 0.05) is 12.0 Å². The van der Waals surface area contributed by atoms with E-state index < -0.39 is 0 Å². The van der Waals surface area contributed by atoms with E-state index in [2.05, 4.69) is 5.32 Å². The van der Waals surface area contributed by atoms with Crippen molar-refractivity contribution < 1.29 is 9.90 Å². The zero-order valence-corrected chi connectivity index (χ0v) is 8.53. The molecule has 1 fully saturated rings. The maximum Gasteiger partial charge on any atom is 0.227 e. The van der Waals surface area contributed by atoms with Gasteiger partial charge in [-0.25, -0.2) is 0 Å². The molecule has 1 aliphatic carbocycles. The molecule has 1 saturated carbocycles. The Bertz CT molecular complexity index is 404. The number of hydrogen-bond acceptors (Lipinski definition) is 3. The van der Waals surface area contributed by atoms with Crippen molar-refractivity contribution in [3.63, 3.8) is 0 Å². The van der Waals surface area contributed by atoms with E-state index in [1.807, 2.05) is 6.92 Å². The first-order chi connectivity index (χ1) is 7.08. The fourth-order valence-electron chi connectivity index (χ4n) is 1.58. The molecule has 2 atom stereocenters. The Kier molecular flexibility index (Phi) is 2.26. The van der Waals surface area contributed by atoms with E-state index >= 15 is 0 Å². The summed E-state index contributed by atoms with van der Waals surface area (Å²) in [6, 6.07) is 4.53. The number of anilines is 2. The molecule has 0 radical (unpaired) electrons. The number of nitrogen functional groups attached to an aromatic ring is 1. The van der Waals surface area contributed by atoms with Gasteiger partial charge in [-0.3, -0.25) is 4.79 Å². The average Bonchev–Trinajstić information content (AvgIpc) is 2.88. The van der Waals surface area contributed by atoms with Crippen molar-refractivity contribution in [2.45, 2.75) is 13.3 Å². The second-order valence-corrected chi connectivity index (χ2v) is 4.08. The Balaban J connectivity index is 2.07. The summed E-state index contributed by atoms with van der Waals surface area (Å²) in [6.45, 7) is 2.05. The van der Waals surface area contributed by atoms with Crippen molar-refractivity contribution in [2.24, 2.45) is 11.8 Å². The van der Waals surface area contributed by atoms with Gasteiger partial charge in [0.1, 0.15) is 5.75 Å². The third-order valence-corrected chi connectivity index (χ3v) is 2.74. The molecule has 1 aromatic rings. The minimum absolute atomic E-state index is 0.0138. The molecule has 0 aromatic heterocycles. The summed E-state index contributed by atoms with van der Waals surface area (Å²) in [6.07, 6.45) is 0.948. The molecule has 0 heterocycles. The smallest absolute Gasteiger partial charge is 0.227 e. The summed E-state index contributed by atoms with van der Waals surface area (Å²) >= 11 is 0. The summed E-state index contributed by atoms with van der Waals surface area (Å²) in [5.41, 5.74) is 6.60. The molecule has 4 nitrogen and oxygen atoms in total. The van der Waals surface area contributed by atoms with Crippen molar-refractivity contribution in [3.05, 3.63) is 18.2 Å². The maximum atomic E-state index is 11.6. The number of carbonyl (C=O) groups excluding carboxylic acids is 1. The fourth-order valence-corrected chi connectivity index (χ4v) is 1.58. The molecule has 0 aliphatic heterocycles. The van der Waals surface area contributed by atoms with Crippen LogP contribution in [0, 0.1) is 11.8 Å². The van der Waals surface area contributed by atoms with Gasteiger partial charge in [-0.1, -0.05) is 6.92 Å². The summed E-state index contributed by atoms with van der Waals surface area (Å²) in [7, 11) is 0. The monoisotopic (exact) mass is 206 g/mol. The highest BCUT2D eigenvalue weighted by Gasteiger charge is 2.39. The predicted octanol–water partition coefficient (Wildman–Crippen LogP) is 1.57. The van der Waals surface area contributed by atoms with Crippen molar-refractivity contribution >= 4 is 17.3 Å². The second kappa shape index (κ2) is 3.46. The zero-order valence-electron chi connectivity index (χ0n) is 8.53. The van der Waals surface area contributed by atoms with Crippen LogP contribution >= 0.6 is 0 Å². The average molecular weight is 206 g/mol. The van der Waals surface area contributed by atoms with Crippen LogP contribution in [0.25, 0.3) is 0 Å². The van der Waals surface area contributed by atoms with Crippen molar-refractivity contribution in [2.75, 3.05) is 11.1 Å². The minimum atomic E-state index is 0.0138. The maximum absolute atomic E-state index is 11.6. The van der Waals surface area contributed by atoms with Gasteiger partial charge < -0.3 is 16.2 Å². The number of hydrogen-bond donors (Lipinski definition) is 3. The van der Waals surface area contributed by atoms with Gasteiger partial charge in [0.25, 0.3) is 0 Å². The number of rotatable bonds is 2. The number of aromatic hydroxyl groups is 1. The van der Waals surface area contributed by atoms with E-state index in [1.54, 1.807) is 6.07 Å². The second-order valence-electron chi connectivity index (χ2n) is 4.08. The minimum Gasteiger partial charge on any atom is -0.508 e. The molecule has 0 saturated heterocycles. The number of nitrogens with one attached hydrogen (secondary N) is 1. The molecule has 4 heteroatoms. The number of phenols is 1. The lowest BCUT2D eigenvalue weighted by molar-refractivity contribution is -0.117. The number of phenolic OH excluding ortho intramolecular Hbond substituents is 1. The van der Waals surface area contributed by atoms with Crippen LogP contribution in [0.5, 0.6) is 5.75 Å². The van der Waals surface area contributed by atoms with Crippen LogP contribution in [0.15, 0.2) is 18.2 Å². The number of nitrogens with two attached hydrogens (primary N) is 1. The fraction of sp³-hybridized carbons (Fsp3) is 0.364. The largest absolute Gasteiger partial charge is 0.508 e. The normalized spacial score (nSPS) is 23.5. The lowest BCUT2D eigenvalue weighted by atomic mass is 10.2. The number of amides is 1. The Morgan fingerprint density at radius 2 is 2.27 bits per heavy atom. The predicted molar refractivity (Wildman–Crippen MR) is 58.4 cm³/mol. The van der Waals surface area contributed by atoms with E-state index in [-0.39, 0.29) is 17.6 Å². The van der Waals surface area contributed by atoms with E-state index in [0.717, 1.165) is 6.42 Å². The standard InChI is InChI=1S/C11H14N2O2/c1-6-4-8(6)11(15)13-10-3-2-7(14)5-9(10)12/h2-3,5-6,8,14H,4,12H2,1H3,(H,13,15). The molecule has 1 aromatic carbocycles. The van der Waals surface area contributed by atoms with E-state index in [9.17, 15) is 4.79 Å². The Morgan fingerprint density at radius 3 is 2.80 bits per heavy atom. The van der Waals surface area contributed by atoms with Crippen molar-refractivity contribution in [1.82, 2.24) is 0 Å². The van der Waals surface area contributed by atoms with E-state index in [1.165, 1.54) is 12.1 Å². The Hall–Kier alpha value is -1.71. The first-order valence-electron chi connectivity index (χ1n) is 4.97. The van der Waals surface area contributed by atoms with Gasteiger partial charge in [0.05, 0.1) is 11.4 Å². The highest BCUT2D eigenvalue weighted by Crippen LogP contribution is 2.38. The molecule has 1 aliphatic rings. The van der Waals surface area contributed by atoms with Crippen molar-refractivity contribution in [3.8, 4) is 5.75 Å². The van der Waals surface area contributed by atoms with Crippen molar-refractivity contribution in [1.29, 1.82) is 0 Å². The molecular formula is C11H14N2O2. The van der Waals surface area contributed by atoms with Gasteiger partial charge in [-0.15, -0.1) is 0 Å². The first kappa shape index (κ1) is 9.83. The Morgan fingerprint density at radius 1 is 1.60 bits per heavy atom.